The molecule has 170 valence electrons. The third kappa shape index (κ3) is 4.59. The molecule has 1 fully saturated rings. The first kappa shape index (κ1) is 23.6. The topological polar surface area (TPSA) is 79.3 Å². The minimum Gasteiger partial charge on any atom is -0.507 e. The van der Waals surface area contributed by atoms with Gasteiger partial charge in [0.15, 0.2) is 0 Å². The van der Waals surface area contributed by atoms with E-state index in [1.54, 1.807) is 36.4 Å². The Balaban J connectivity index is 2.17. The number of likely N-dealkylation sites (tertiary alicyclic amines) is 1. The molecule has 0 aliphatic carbocycles. The summed E-state index contributed by atoms with van der Waals surface area (Å²) in [5, 5.41) is 11.5. The van der Waals surface area contributed by atoms with E-state index in [0.29, 0.717) is 47.3 Å². The maximum absolute atomic E-state index is 13.1. The standard InChI is InChI=1S/C24H27ClN2O5/c1-5-32-19-11-10-15(14-17(19)25)22(28)20-21(16-8-6-7-9-18(16)31-4)27(13-12-26(2)3)24(30)23(20)29/h6-11,14,21,28H,5,12-13H2,1-4H3/b22-20+/t21-/m0/s1. The van der Waals surface area contributed by atoms with E-state index in [0.717, 1.165) is 0 Å². The minimum atomic E-state index is -0.795. The van der Waals surface area contributed by atoms with Crippen molar-refractivity contribution in [2.24, 2.45) is 0 Å². The number of carbonyl (C=O) groups excluding carboxylic acids is 2. The number of amides is 1. The first-order chi connectivity index (χ1) is 15.3. The normalized spacial score (nSPS) is 17.8. The van der Waals surface area contributed by atoms with Crippen molar-refractivity contribution in [2.45, 2.75) is 13.0 Å². The summed E-state index contributed by atoms with van der Waals surface area (Å²) in [5.74, 6) is -0.719. The van der Waals surface area contributed by atoms with Gasteiger partial charge in [0.1, 0.15) is 17.3 Å². The molecule has 0 spiro atoms. The van der Waals surface area contributed by atoms with E-state index < -0.39 is 17.7 Å². The van der Waals surface area contributed by atoms with Crippen LogP contribution in [0.2, 0.25) is 5.02 Å². The van der Waals surface area contributed by atoms with Gasteiger partial charge >= 0.3 is 0 Å². The van der Waals surface area contributed by atoms with Crippen LogP contribution in [0.4, 0.5) is 0 Å². The Morgan fingerprint density at radius 1 is 1.16 bits per heavy atom. The number of nitrogens with zero attached hydrogens (tertiary/aromatic N) is 2. The van der Waals surface area contributed by atoms with E-state index in [2.05, 4.69) is 0 Å². The summed E-state index contributed by atoms with van der Waals surface area (Å²) in [7, 11) is 5.30. The largest absolute Gasteiger partial charge is 0.507 e. The number of hydrogen-bond acceptors (Lipinski definition) is 6. The van der Waals surface area contributed by atoms with Crippen molar-refractivity contribution in [3.8, 4) is 11.5 Å². The van der Waals surface area contributed by atoms with E-state index in [4.69, 9.17) is 21.1 Å². The number of para-hydroxylation sites is 1. The highest BCUT2D eigenvalue weighted by molar-refractivity contribution is 6.46. The summed E-state index contributed by atoms with van der Waals surface area (Å²) in [4.78, 5) is 29.5. The van der Waals surface area contributed by atoms with Gasteiger partial charge in [0.25, 0.3) is 11.7 Å². The van der Waals surface area contributed by atoms with Crippen molar-refractivity contribution in [1.82, 2.24) is 9.80 Å². The summed E-state index contributed by atoms with van der Waals surface area (Å²) >= 11 is 6.29. The van der Waals surface area contributed by atoms with Crippen LogP contribution in [0.1, 0.15) is 24.1 Å². The molecule has 8 heteroatoms. The average Bonchev–Trinajstić information content (AvgIpc) is 3.03. The van der Waals surface area contributed by atoms with Crippen molar-refractivity contribution in [3.63, 3.8) is 0 Å². The molecule has 32 heavy (non-hydrogen) atoms. The predicted octanol–water partition coefficient (Wildman–Crippen LogP) is 3.73. The number of Topliss-reactive ketones (excluding diaryl/α,β-unsaturated/α-hetero) is 1. The molecule has 7 nitrogen and oxygen atoms in total. The number of likely N-dealkylation sites (N-methyl/N-ethyl adjacent to an activating group) is 1. The quantitative estimate of drug-likeness (QED) is 0.369. The number of methoxy groups -OCH3 is 1. The van der Waals surface area contributed by atoms with Crippen LogP contribution in [0.3, 0.4) is 0 Å². The monoisotopic (exact) mass is 458 g/mol. The van der Waals surface area contributed by atoms with Crippen LogP contribution in [0, 0.1) is 0 Å². The Morgan fingerprint density at radius 2 is 1.88 bits per heavy atom. The van der Waals surface area contributed by atoms with Crippen molar-refractivity contribution >= 4 is 29.1 Å². The van der Waals surface area contributed by atoms with E-state index in [-0.39, 0.29) is 11.3 Å². The van der Waals surface area contributed by atoms with Crippen LogP contribution in [0.25, 0.3) is 5.76 Å². The van der Waals surface area contributed by atoms with Gasteiger partial charge in [-0.1, -0.05) is 29.8 Å². The second kappa shape index (κ2) is 10.1. The SMILES string of the molecule is CCOc1ccc(/C(O)=C2\C(=O)C(=O)N(CCN(C)C)[C@H]2c2ccccc2OC)cc1Cl. The lowest BCUT2D eigenvalue weighted by molar-refractivity contribution is -0.140. The van der Waals surface area contributed by atoms with Gasteiger partial charge in [-0.3, -0.25) is 9.59 Å². The van der Waals surface area contributed by atoms with Crippen molar-refractivity contribution < 1.29 is 24.2 Å². The number of halogens is 1. The molecule has 1 heterocycles. The molecule has 1 aliphatic rings. The van der Waals surface area contributed by atoms with E-state index in [9.17, 15) is 14.7 Å². The molecule has 0 bridgehead atoms. The number of benzene rings is 2. The van der Waals surface area contributed by atoms with Crippen LogP contribution in [0.5, 0.6) is 11.5 Å². The Labute approximate surface area is 192 Å². The molecule has 0 radical (unpaired) electrons. The third-order valence-electron chi connectivity index (χ3n) is 5.27. The lowest BCUT2D eigenvalue weighted by atomic mass is 9.94. The Morgan fingerprint density at radius 3 is 2.50 bits per heavy atom. The highest BCUT2D eigenvalue weighted by atomic mass is 35.5. The lowest BCUT2D eigenvalue weighted by Crippen LogP contribution is -2.35. The van der Waals surface area contributed by atoms with Gasteiger partial charge in [0, 0.05) is 24.2 Å². The molecule has 0 unspecified atom stereocenters. The lowest BCUT2D eigenvalue weighted by Gasteiger charge is -2.27. The van der Waals surface area contributed by atoms with E-state index in [1.807, 2.05) is 25.9 Å². The maximum atomic E-state index is 13.1. The van der Waals surface area contributed by atoms with Crippen molar-refractivity contribution in [1.29, 1.82) is 0 Å². The number of aliphatic hydroxyl groups is 1. The fraction of sp³-hybridized carbons (Fsp3) is 0.333. The summed E-state index contributed by atoms with van der Waals surface area (Å²) in [6.45, 7) is 3.14. The molecule has 2 aromatic rings. The first-order valence-corrected chi connectivity index (χ1v) is 10.7. The second-order valence-electron chi connectivity index (χ2n) is 7.62. The summed E-state index contributed by atoms with van der Waals surface area (Å²) in [5.41, 5.74) is 0.939. The second-order valence-corrected chi connectivity index (χ2v) is 8.02. The third-order valence-corrected chi connectivity index (χ3v) is 5.56. The number of hydrogen-bond donors (Lipinski definition) is 1. The Kier molecular flexibility index (Phi) is 7.43. The highest BCUT2D eigenvalue weighted by Crippen LogP contribution is 2.43. The number of aliphatic hydroxyl groups excluding tert-OH is 1. The molecule has 1 aliphatic heterocycles. The van der Waals surface area contributed by atoms with Gasteiger partial charge in [-0.05, 0) is 45.3 Å². The number of ether oxygens (including phenoxy) is 2. The molecule has 0 aromatic heterocycles. The van der Waals surface area contributed by atoms with E-state index in [1.165, 1.54) is 18.1 Å². The average molecular weight is 459 g/mol. The fourth-order valence-corrected chi connectivity index (χ4v) is 3.95. The molecule has 1 saturated heterocycles. The highest BCUT2D eigenvalue weighted by Gasteiger charge is 2.46. The molecular formula is C24H27ClN2O5. The summed E-state index contributed by atoms with van der Waals surface area (Å²) in [6, 6.07) is 11.1. The fourth-order valence-electron chi connectivity index (χ4n) is 3.71. The van der Waals surface area contributed by atoms with Crippen molar-refractivity contribution in [3.05, 3.63) is 64.2 Å². The number of ketones is 1. The van der Waals surface area contributed by atoms with Crippen LogP contribution < -0.4 is 9.47 Å². The number of rotatable bonds is 8. The Hall–Kier alpha value is -3.03. The van der Waals surface area contributed by atoms with Gasteiger partial charge in [-0.2, -0.15) is 0 Å². The molecule has 0 saturated carbocycles. The van der Waals surface area contributed by atoms with Gasteiger partial charge in [0.05, 0.1) is 30.4 Å². The van der Waals surface area contributed by atoms with Crippen LogP contribution >= 0.6 is 11.6 Å². The molecule has 2 aromatic carbocycles. The summed E-state index contributed by atoms with van der Waals surface area (Å²) in [6.07, 6.45) is 0. The number of carbonyl (C=O) groups is 2. The molecule has 1 atom stereocenters. The van der Waals surface area contributed by atoms with Crippen LogP contribution in [-0.4, -0.2) is 67.5 Å². The van der Waals surface area contributed by atoms with Crippen LogP contribution in [-0.2, 0) is 9.59 Å². The maximum Gasteiger partial charge on any atom is 0.295 e. The zero-order valence-corrected chi connectivity index (χ0v) is 19.3. The predicted molar refractivity (Wildman–Crippen MR) is 123 cm³/mol. The Bertz CT molecular complexity index is 1050. The zero-order valence-electron chi connectivity index (χ0n) is 18.6. The molecular weight excluding hydrogens is 432 g/mol. The summed E-state index contributed by atoms with van der Waals surface area (Å²) < 4.78 is 10.9. The van der Waals surface area contributed by atoms with Gasteiger partial charge in [0.2, 0.25) is 0 Å². The smallest absolute Gasteiger partial charge is 0.295 e. The zero-order chi connectivity index (χ0) is 23.4. The van der Waals surface area contributed by atoms with E-state index >= 15 is 0 Å². The first-order valence-electron chi connectivity index (χ1n) is 10.3. The van der Waals surface area contributed by atoms with Gasteiger partial charge < -0.3 is 24.4 Å². The molecule has 1 amide bonds. The van der Waals surface area contributed by atoms with Crippen molar-refractivity contribution in [2.75, 3.05) is 40.9 Å². The van der Waals surface area contributed by atoms with Gasteiger partial charge in [-0.25, -0.2) is 0 Å². The minimum absolute atomic E-state index is 0.00140. The molecule has 1 N–H and O–H groups in total. The molecule has 3 rings (SSSR count). The van der Waals surface area contributed by atoms with Gasteiger partial charge in [-0.15, -0.1) is 0 Å². The van der Waals surface area contributed by atoms with Crippen LogP contribution in [0.15, 0.2) is 48.0 Å².